The number of hydrogen-bond acceptors (Lipinski definition) is 4. The van der Waals surface area contributed by atoms with Gasteiger partial charge >= 0.3 is 0 Å². The molecule has 1 aromatic rings. The lowest BCUT2D eigenvalue weighted by atomic mass is 10.1. The molecule has 1 heterocycles. The van der Waals surface area contributed by atoms with Gasteiger partial charge in [-0.3, -0.25) is 9.69 Å². The van der Waals surface area contributed by atoms with Crippen molar-refractivity contribution >= 4 is 51.9 Å². The molecule has 1 saturated heterocycles. The van der Waals surface area contributed by atoms with Crippen LogP contribution < -0.4 is 14.8 Å². The molecule has 124 valence electrons. The van der Waals surface area contributed by atoms with E-state index in [4.69, 9.17) is 21.7 Å². The second-order valence-corrected chi connectivity index (χ2v) is 6.28. The molecule has 0 unspecified atom stereocenters. The van der Waals surface area contributed by atoms with Crippen molar-refractivity contribution in [3.63, 3.8) is 0 Å². The monoisotopic (exact) mass is 446 g/mol. The van der Waals surface area contributed by atoms with E-state index in [9.17, 15) is 4.79 Å². The summed E-state index contributed by atoms with van der Waals surface area (Å²) in [7, 11) is 0. The van der Waals surface area contributed by atoms with Crippen molar-refractivity contribution in [2.75, 3.05) is 19.8 Å². The number of halogens is 1. The number of benzene rings is 1. The van der Waals surface area contributed by atoms with E-state index in [2.05, 4.69) is 27.9 Å². The molecule has 1 amide bonds. The highest BCUT2D eigenvalue weighted by Crippen LogP contribution is 2.35. The topological polar surface area (TPSA) is 50.8 Å². The normalized spacial score (nSPS) is 16.0. The summed E-state index contributed by atoms with van der Waals surface area (Å²) in [5.74, 6) is 1.29. The standard InChI is InChI=1S/C16H19IN2O3S/c1-4-19-15(20)12(18-16(19)23)8-10-7-11(17)14(22-6-3)13(9-10)21-5-2/h7-9H,4-6H2,1-3H3,(H,18,23). The number of thiocarbonyl (C=S) groups is 1. The smallest absolute Gasteiger partial charge is 0.276 e. The van der Waals surface area contributed by atoms with Gasteiger partial charge in [-0.2, -0.15) is 0 Å². The van der Waals surface area contributed by atoms with Crippen molar-refractivity contribution in [3.05, 3.63) is 27.0 Å². The number of amides is 1. The third-order valence-electron chi connectivity index (χ3n) is 3.21. The van der Waals surface area contributed by atoms with Crippen LogP contribution in [-0.2, 0) is 4.79 Å². The number of nitrogens with one attached hydrogen (secondary N) is 1. The van der Waals surface area contributed by atoms with Crippen LogP contribution in [0.2, 0.25) is 0 Å². The average Bonchev–Trinajstić information content (AvgIpc) is 2.77. The minimum atomic E-state index is -0.112. The van der Waals surface area contributed by atoms with Crippen molar-refractivity contribution in [1.82, 2.24) is 10.2 Å². The number of hydrogen-bond donors (Lipinski definition) is 1. The third kappa shape index (κ3) is 3.95. The first-order valence-electron chi connectivity index (χ1n) is 7.45. The summed E-state index contributed by atoms with van der Waals surface area (Å²) in [5, 5.41) is 3.40. The number of nitrogens with zero attached hydrogens (tertiary/aromatic N) is 1. The van der Waals surface area contributed by atoms with Crippen LogP contribution in [0.25, 0.3) is 6.08 Å². The lowest BCUT2D eigenvalue weighted by Gasteiger charge is -2.13. The Hall–Kier alpha value is -1.35. The van der Waals surface area contributed by atoms with Gasteiger partial charge in [-0.05, 0) is 79.4 Å². The van der Waals surface area contributed by atoms with Crippen molar-refractivity contribution in [1.29, 1.82) is 0 Å². The van der Waals surface area contributed by atoms with E-state index in [1.807, 2.05) is 32.9 Å². The summed E-state index contributed by atoms with van der Waals surface area (Å²) in [5.41, 5.74) is 1.33. The van der Waals surface area contributed by atoms with E-state index in [0.717, 1.165) is 14.9 Å². The Balaban J connectivity index is 2.39. The van der Waals surface area contributed by atoms with Gasteiger partial charge in [0, 0.05) is 6.54 Å². The minimum absolute atomic E-state index is 0.112. The summed E-state index contributed by atoms with van der Waals surface area (Å²) in [6.07, 6.45) is 1.78. The van der Waals surface area contributed by atoms with Crippen LogP contribution in [0.15, 0.2) is 17.8 Å². The third-order valence-corrected chi connectivity index (χ3v) is 4.33. The first kappa shape index (κ1) is 18.0. The largest absolute Gasteiger partial charge is 0.490 e. The van der Waals surface area contributed by atoms with E-state index in [-0.39, 0.29) is 5.91 Å². The maximum absolute atomic E-state index is 12.3. The van der Waals surface area contributed by atoms with E-state index >= 15 is 0 Å². The zero-order valence-corrected chi connectivity index (χ0v) is 16.3. The molecule has 0 atom stereocenters. The zero-order chi connectivity index (χ0) is 17.0. The molecule has 1 aromatic carbocycles. The van der Waals surface area contributed by atoms with Crippen molar-refractivity contribution < 1.29 is 14.3 Å². The van der Waals surface area contributed by atoms with E-state index < -0.39 is 0 Å². The van der Waals surface area contributed by atoms with Crippen LogP contribution in [0.3, 0.4) is 0 Å². The molecule has 23 heavy (non-hydrogen) atoms. The van der Waals surface area contributed by atoms with Gasteiger partial charge in [-0.1, -0.05) is 0 Å². The summed E-state index contributed by atoms with van der Waals surface area (Å²) in [6.45, 7) is 7.41. The summed E-state index contributed by atoms with van der Waals surface area (Å²) in [6, 6.07) is 3.82. The Kier molecular flexibility index (Phi) is 6.23. The molecule has 0 bridgehead atoms. The van der Waals surface area contributed by atoms with Crippen LogP contribution in [0.1, 0.15) is 26.3 Å². The maximum Gasteiger partial charge on any atom is 0.276 e. The fourth-order valence-electron chi connectivity index (χ4n) is 2.24. The first-order valence-corrected chi connectivity index (χ1v) is 8.94. The lowest BCUT2D eigenvalue weighted by Crippen LogP contribution is -2.30. The number of carbonyl (C=O) groups excluding carboxylic acids is 1. The molecule has 0 radical (unpaired) electrons. The van der Waals surface area contributed by atoms with Crippen molar-refractivity contribution in [3.8, 4) is 11.5 Å². The summed E-state index contributed by atoms with van der Waals surface area (Å²) >= 11 is 7.37. The van der Waals surface area contributed by atoms with Gasteiger partial charge in [0.2, 0.25) is 0 Å². The summed E-state index contributed by atoms with van der Waals surface area (Å²) in [4.78, 5) is 13.8. The minimum Gasteiger partial charge on any atom is -0.490 e. The zero-order valence-electron chi connectivity index (χ0n) is 13.3. The Morgan fingerprint density at radius 3 is 2.52 bits per heavy atom. The Labute approximate surface area is 155 Å². The Morgan fingerprint density at radius 2 is 1.96 bits per heavy atom. The highest BCUT2D eigenvalue weighted by molar-refractivity contribution is 14.1. The highest BCUT2D eigenvalue weighted by atomic mass is 127. The van der Waals surface area contributed by atoms with Crippen LogP contribution >= 0.6 is 34.8 Å². The highest BCUT2D eigenvalue weighted by Gasteiger charge is 2.29. The second-order valence-electron chi connectivity index (χ2n) is 4.73. The Bertz CT molecular complexity index is 661. The van der Waals surface area contributed by atoms with Crippen molar-refractivity contribution in [2.24, 2.45) is 0 Å². The number of likely N-dealkylation sites (N-methyl/N-ethyl adjacent to an activating group) is 1. The molecule has 7 heteroatoms. The molecule has 1 fully saturated rings. The molecule has 0 aliphatic carbocycles. The van der Waals surface area contributed by atoms with Crippen LogP contribution in [0, 0.1) is 3.57 Å². The molecular formula is C16H19IN2O3S. The van der Waals surface area contributed by atoms with Gasteiger partial charge < -0.3 is 14.8 Å². The molecule has 1 N–H and O–H groups in total. The predicted molar refractivity (Wildman–Crippen MR) is 103 cm³/mol. The maximum atomic E-state index is 12.3. The second kappa shape index (κ2) is 7.96. The molecule has 1 aliphatic rings. The SMILES string of the molecule is CCOc1cc(C=C2NC(=S)N(CC)C2=O)cc(I)c1OCC. The Morgan fingerprint density at radius 1 is 1.26 bits per heavy atom. The number of rotatable bonds is 6. The molecule has 0 spiro atoms. The number of ether oxygens (including phenoxy) is 2. The molecule has 1 aliphatic heterocycles. The summed E-state index contributed by atoms with van der Waals surface area (Å²) < 4.78 is 12.3. The molecule has 0 aromatic heterocycles. The molecular weight excluding hydrogens is 427 g/mol. The van der Waals surface area contributed by atoms with Crippen LogP contribution in [-0.4, -0.2) is 35.7 Å². The van der Waals surface area contributed by atoms with E-state index in [0.29, 0.717) is 36.3 Å². The van der Waals surface area contributed by atoms with Crippen molar-refractivity contribution in [2.45, 2.75) is 20.8 Å². The molecule has 2 rings (SSSR count). The van der Waals surface area contributed by atoms with Gasteiger partial charge in [0.05, 0.1) is 16.8 Å². The van der Waals surface area contributed by atoms with E-state index in [1.54, 1.807) is 6.08 Å². The number of carbonyl (C=O) groups is 1. The van der Waals surface area contributed by atoms with Gasteiger partial charge in [-0.15, -0.1) is 0 Å². The fourth-order valence-corrected chi connectivity index (χ4v) is 3.35. The van der Waals surface area contributed by atoms with Crippen LogP contribution in [0.4, 0.5) is 0 Å². The van der Waals surface area contributed by atoms with Gasteiger partial charge in [0.1, 0.15) is 5.70 Å². The molecule has 5 nitrogen and oxygen atoms in total. The fraction of sp³-hybridized carbons (Fsp3) is 0.375. The lowest BCUT2D eigenvalue weighted by molar-refractivity contribution is -0.122. The van der Waals surface area contributed by atoms with Gasteiger partial charge in [-0.25, -0.2) is 0 Å². The van der Waals surface area contributed by atoms with Gasteiger partial charge in [0.25, 0.3) is 5.91 Å². The first-order chi connectivity index (χ1) is 11.0. The van der Waals surface area contributed by atoms with Gasteiger partial charge in [0.15, 0.2) is 16.6 Å². The van der Waals surface area contributed by atoms with Crippen LogP contribution in [0.5, 0.6) is 11.5 Å². The average molecular weight is 446 g/mol. The molecule has 0 saturated carbocycles. The quantitative estimate of drug-likeness (QED) is 0.414. The predicted octanol–water partition coefficient (Wildman–Crippen LogP) is 3.17. The van der Waals surface area contributed by atoms with E-state index in [1.165, 1.54) is 4.90 Å².